The van der Waals surface area contributed by atoms with Gasteiger partial charge in [0.25, 0.3) is 5.88 Å². The van der Waals surface area contributed by atoms with Gasteiger partial charge in [-0.05, 0) is 31.5 Å². The van der Waals surface area contributed by atoms with E-state index in [0.717, 1.165) is 25.1 Å². The third kappa shape index (κ3) is 4.32. The first kappa shape index (κ1) is 17.6. The van der Waals surface area contributed by atoms with Gasteiger partial charge in [0.2, 0.25) is 0 Å². The van der Waals surface area contributed by atoms with Gasteiger partial charge in [0, 0.05) is 30.5 Å². The zero-order valence-corrected chi connectivity index (χ0v) is 15.4. The first-order chi connectivity index (χ1) is 13.3. The van der Waals surface area contributed by atoms with Crippen molar-refractivity contribution in [1.82, 2.24) is 25.3 Å². The minimum absolute atomic E-state index is 0.363. The maximum Gasteiger partial charge on any atom is 0.263 e. The molecule has 1 unspecified atom stereocenters. The van der Waals surface area contributed by atoms with Crippen molar-refractivity contribution in [2.75, 3.05) is 18.4 Å². The molecule has 0 bridgehead atoms. The Balaban J connectivity index is 1.63. The predicted octanol–water partition coefficient (Wildman–Crippen LogP) is 3.54. The van der Waals surface area contributed by atoms with Crippen LogP contribution < -0.4 is 15.4 Å². The summed E-state index contributed by atoms with van der Waals surface area (Å²) in [6.07, 6.45) is 8.86. The van der Waals surface area contributed by atoms with Crippen LogP contribution in [0.5, 0.6) is 11.6 Å². The summed E-state index contributed by atoms with van der Waals surface area (Å²) in [4.78, 5) is 17.2. The molecule has 1 aromatic carbocycles. The normalized spacial score (nSPS) is 16.3. The van der Waals surface area contributed by atoms with Gasteiger partial charge < -0.3 is 15.4 Å². The highest BCUT2D eigenvalue weighted by atomic mass is 35.5. The van der Waals surface area contributed by atoms with Crippen molar-refractivity contribution in [1.29, 1.82) is 0 Å². The monoisotopic (exact) mass is 382 g/mol. The largest absolute Gasteiger partial charge is 0.434 e. The Kier molecular flexibility index (Phi) is 5.41. The molecule has 0 aliphatic carbocycles. The first-order valence-corrected chi connectivity index (χ1v) is 9.19. The van der Waals surface area contributed by atoms with Gasteiger partial charge in [-0.15, -0.1) is 0 Å². The lowest BCUT2D eigenvalue weighted by molar-refractivity contribution is 0.463. The van der Waals surface area contributed by atoms with Crippen LogP contribution >= 0.6 is 11.6 Å². The van der Waals surface area contributed by atoms with E-state index in [4.69, 9.17) is 16.3 Å². The number of nitrogens with one attached hydrogen (secondary N) is 2. The van der Waals surface area contributed by atoms with E-state index in [1.807, 2.05) is 12.1 Å². The summed E-state index contributed by atoms with van der Waals surface area (Å²) in [6, 6.07) is 7.70. The maximum atomic E-state index is 6.24. The Morgan fingerprint density at radius 3 is 2.81 bits per heavy atom. The van der Waals surface area contributed by atoms with Crippen LogP contribution in [0.4, 0.5) is 5.82 Å². The van der Waals surface area contributed by atoms with Crippen molar-refractivity contribution in [2.45, 2.75) is 18.9 Å². The second-order valence-corrected chi connectivity index (χ2v) is 6.65. The lowest BCUT2D eigenvalue weighted by Gasteiger charge is -2.15. The second kappa shape index (κ2) is 8.28. The number of nitrogens with zero attached hydrogens (tertiary/aromatic N) is 4. The molecule has 4 rings (SSSR count). The third-order valence-corrected chi connectivity index (χ3v) is 4.63. The number of benzene rings is 1. The van der Waals surface area contributed by atoms with Gasteiger partial charge in [-0.2, -0.15) is 0 Å². The van der Waals surface area contributed by atoms with E-state index >= 15 is 0 Å². The first-order valence-electron chi connectivity index (χ1n) is 8.81. The second-order valence-electron chi connectivity index (χ2n) is 6.24. The molecule has 1 fully saturated rings. The zero-order valence-electron chi connectivity index (χ0n) is 14.6. The molecule has 3 heterocycles. The van der Waals surface area contributed by atoms with Crippen LogP contribution in [0.15, 0.2) is 49.2 Å². The Morgan fingerprint density at radius 1 is 1.19 bits per heavy atom. The maximum absolute atomic E-state index is 6.24. The summed E-state index contributed by atoms with van der Waals surface area (Å²) in [7, 11) is 0. The fourth-order valence-corrected chi connectivity index (χ4v) is 3.09. The number of halogens is 1. The van der Waals surface area contributed by atoms with E-state index in [1.165, 1.54) is 12.7 Å². The van der Waals surface area contributed by atoms with Crippen LogP contribution in [-0.4, -0.2) is 39.1 Å². The quantitative estimate of drug-likeness (QED) is 0.674. The SMILES string of the molecule is Clc1ccccc1Oc1nc(-c2cncnc2)cnc1NCC1CCCN1. The van der Waals surface area contributed by atoms with Crippen LogP contribution in [-0.2, 0) is 0 Å². The van der Waals surface area contributed by atoms with Crippen LogP contribution in [0.1, 0.15) is 12.8 Å². The molecule has 1 saturated heterocycles. The molecule has 1 atom stereocenters. The molecule has 0 saturated carbocycles. The average Bonchev–Trinajstić information content (AvgIpc) is 3.23. The molecule has 7 nitrogen and oxygen atoms in total. The van der Waals surface area contributed by atoms with Crippen molar-refractivity contribution < 1.29 is 4.74 Å². The molecule has 8 heteroatoms. The van der Waals surface area contributed by atoms with Crippen molar-refractivity contribution in [3.8, 4) is 22.9 Å². The number of anilines is 1. The standard InChI is InChI=1S/C19H19ClN6O/c20-15-5-1-2-6-17(15)27-19-18(24-10-14-4-3-7-23-14)25-11-16(26-19)13-8-21-12-22-9-13/h1-2,5-6,8-9,11-12,14,23H,3-4,7,10H2,(H,24,25). The van der Waals surface area contributed by atoms with E-state index in [2.05, 4.69) is 30.6 Å². The number of aromatic nitrogens is 4. The van der Waals surface area contributed by atoms with E-state index < -0.39 is 0 Å². The molecular formula is C19H19ClN6O. The van der Waals surface area contributed by atoms with Crippen LogP contribution in [0.3, 0.4) is 0 Å². The van der Waals surface area contributed by atoms with E-state index in [9.17, 15) is 0 Å². The average molecular weight is 383 g/mol. The van der Waals surface area contributed by atoms with Gasteiger partial charge >= 0.3 is 0 Å². The van der Waals surface area contributed by atoms with Gasteiger partial charge in [-0.3, -0.25) is 0 Å². The van der Waals surface area contributed by atoms with E-state index in [-0.39, 0.29) is 0 Å². The van der Waals surface area contributed by atoms with Gasteiger partial charge in [0.15, 0.2) is 5.82 Å². The number of rotatable bonds is 6. The summed E-state index contributed by atoms with van der Waals surface area (Å²) in [5, 5.41) is 7.30. The number of ether oxygens (including phenoxy) is 1. The topological polar surface area (TPSA) is 84.9 Å². The summed E-state index contributed by atoms with van der Waals surface area (Å²) >= 11 is 6.24. The van der Waals surface area contributed by atoms with Crippen molar-refractivity contribution in [3.63, 3.8) is 0 Å². The molecule has 0 amide bonds. The minimum atomic E-state index is 0.363. The Morgan fingerprint density at radius 2 is 2.04 bits per heavy atom. The fraction of sp³-hybridized carbons (Fsp3) is 0.263. The lowest BCUT2D eigenvalue weighted by Crippen LogP contribution is -2.29. The molecule has 27 heavy (non-hydrogen) atoms. The summed E-state index contributed by atoms with van der Waals surface area (Å²) in [5.41, 5.74) is 1.39. The van der Waals surface area contributed by atoms with Gasteiger partial charge in [-0.25, -0.2) is 19.9 Å². The van der Waals surface area contributed by atoms with Crippen molar-refractivity contribution in [3.05, 3.63) is 54.2 Å². The van der Waals surface area contributed by atoms with Gasteiger partial charge in [0.1, 0.15) is 12.1 Å². The van der Waals surface area contributed by atoms with Crippen LogP contribution in [0, 0.1) is 0 Å². The Hall–Kier alpha value is -2.77. The molecule has 1 aliphatic heterocycles. The van der Waals surface area contributed by atoms with E-state index in [1.54, 1.807) is 30.7 Å². The van der Waals surface area contributed by atoms with Gasteiger partial charge in [0.05, 0.1) is 16.9 Å². The molecule has 138 valence electrons. The number of para-hydroxylation sites is 1. The van der Waals surface area contributed by atoms with Crippen LogP contribution in [0.25, 0.3) is 11.3 Å². The summed E-state index contributed by atoms with van der Waals surface area (Å²) in [5.74, 6) is 1.46. The molecule has 2 aromatic heterocycles. The molecular weight excluding hydrogens is 364 g/mol. The van der Waals surface area contributed by atoms with Crippen molar-refractivity contribution >= 4 is 17.4 Å². The zero-order chi connectivity index (χ0) is 18.5. The van der Waals surface area contributed by atoms with Crippen LogP contribution in [0.2, 0.25) is 5.02 Å². The molecule has 2 N–H and O–H groups in total. The fourth-order valence-electron chi connectivity index (χ4n) is 2.92. The Bertz CT molecular complexity index is 902. The highest BCUT2D eigenvalue weighted by Gasteiger charge is 2.17. The summed E-state index contributed by atoms with van der Waals surface area (Å²) < 4.78 is 5.99. The molecule has 0 radical (unpaired) electrons. The summed E-state index contributed by atoms with van der Waals surface area (Å²) in [6.45, 7) is 1.80. The smallest absolute Gasteiger partial charge is 0.263 e. The number of hydrogen-bond donors (Lipinski definition) is 2. The van der Waals surface area contributed by atoms with E-state index in [0.29, 0.717) is 34.2 Å². The third-order valence-electron chi connectivity index (χ3n) is 4.32. The molecule has 0 spiro atoms. The molecule has 3 aromatic rings. The molecule has 1 aliphatic rings. The minimum Gasteiger partial charge on any atom is -0.434 e. The van der Waals surface area contributed by atoms with Gasteiger partial charge in [-0.1, -0.05) is 23.7 Å². The van der Waals surface area contributed by atoms with Crippen molar-refractivity contribution in [2.24, 2.45) is 0 Å². The highest BCUT2D eigenvalue weighted by Crippen LogP contribution is 2.32. The predicted molar refractivity (Wildman–Crippen MR) is 104 cm³/mol. The highest BCUT2D eigenvalue weighted by molar-refractivity contribution is 6.32. The number of hydrogen-bond acceptors (Lipinski definition) is 7. The lowest BCUT2D eigenvalue weighted by atomic mass is 10.2. The Labute approximate surface area is 162 Å².